The lowest BCUT2D eigenvalue weighted by Gasteiger charge is -2.41. The molecule has 7 atom stereocenters. The van der Waals surface area contributed by atoms with Crippen LogP contribution < -0.4 is 5.56 Å². The summed E-state index contributed by atoms with van der Waals surface area (Å²) in [5.74, 6) is 0.124. The Balaban J connectivity index is 1.71. The number of hydrogen-bond acceptors (Lipinski definition) is 7. The average molecular weight is 514 g/mol. The zero-order valence-electron chi connectivity index (χ0n) is 22.3. The van der Waals surface area contributed by atoms with Gasteiger partial charge in [-0.2, -0.15) is 0 Å². The van der Waals surface area contributed by atoms with Gasteiger partial charge in [0.05, 0.1) is 2.74 Å². The van der Waals surface area contributed by atoms with E-state index in [2.05, 4.69) is 42.2 Å². The molecule has 0 radical (unpaired) electrons. The maximum absolute atomic E-state index is 12.1. The van der Waals surface area contributed by atoms with E-state index in [9.17, 15) is 4.79 Å². The lowest BCUT2D eigenvalue weighted by Crippen LogP contribution is -2.46. The highest BCUT2D eigenvalue weighted by Gasteiger charge is 2.77. The fourth-order valence-corrected chi connectivity index (χ4v) is 7.61. The van der Waals surface area contributed by atoms with Gasteiger partial charge >= 0.3 is 0 Å². The number of aromatic amines is 1. The summed E-state index contributed by atoms with van der Waals surface area (Å²) >= 11 is 5.45. The van der Waals surface area contributed by atoms with Gasteiger partial charge in [-0.1, -0.05) is 0 Å². The van der Waals surface area contributed by atoms with E-state index in [1.165, 1.54) is 0 Å². The second kappa shape index (κ2) is 9.70. The summed E-state index contributed by atoms with van der Waals surface area (Å²) in [5, 5.41) is 0. The minimum Gasteiger partial charge on any atom is -0.375 e. The smallest absolute Gasteiger partial charge is 0.260 e. The fourth-order valence-electron chi connectivity index (χ4n) is 5.52. The molecule has 1 saturated heterocycles. The predicted molar refractivity (Wildman–Crippen MR) is 132 cm³/mol. The second-order valence-electron chi connectivity index (χ2n) is 10.0. The number of hydrogen-bond donors (Lipinski definition) is 1. The highest BCUT2D eigenvalue weighted by molar-refractivity contribution is 7.71. The number of nitrogens with one attached hydrogen (secondary N) is 1. The molecule has 3 aliphatic rings. The first-order valence-corrected chi connectivity index (χ1v) is 13.2. The van der Waals surface area contributed by atoms with E-state index in [1.807, 2.05) is 0 Å². The summed E-state index contributed by atoms with van der Waals surface area (Å²) in [6.45, 7) is 17.7. The van der Waals surface area contributed by atoms with Gasteiger partial charge in [0.15, 0.2) is 4.77 Å². The highest BCUT2D eigenvalue weighted by Crippen LogP contribution is 2.70. The maximum Gasteiger partial charge on any atom is 0.260 e. The number of nitrogens with zero attached hydrogens (tertiary/aromatic N) is 3. The third-order valence-electron chi connectivity index (χ3n) is 7.01. The Morgan fingerprint density at radius 2 is 2.21 bits per heavy atom. The molecule has 1 aliphatic heterocycles. The van der Waals surface area contributed by atoms with Crippen LogP contribution in [0.3, 0.4) is 0 Å². The SMILES string of the molecule is [2H]C([3H])O[C@]12C[C@H]1C[C@]1(OP(OCC[N+]#[C-])N(C(C)C)C(C)C)C[C@H](n3cc(C)c(=O)[nH]c3=S)O[C@@H]12. The standard InChI is InChI=1S/C23H35N4O5PS/c1-14(2)27(15(3)4)33(30-9-8-24-6)32-22-10-17-11-23(17,29-7)20(22)31-18(12-22)26-13-16(5)19(28)25-21(26)34/h13-15,17-18,20H,8-12H2,1-5,7H3,(H,25,28,34)/t17-,18-,20+,22+,23-,33?/m1/s1/i7TD/t7?,17-,18-,20+,22+,23-,33?. The van der Waals surface area contributed by atoms with E-state index >= 15 is 0 Å². The molecule has 2 saturated carbocycles. The lowest BCUT2D eigenvalue weighted by atomic mass is 9.92. The molecule has 11 heteroatoms. The van der Waals surface area contributed by atoms with Gasteiger partial charge in [0, 0.05) is 37.3 Å². The van der Waals surface area contributed by atoms with E-state index in [1.54, 1.807) is 17.7 Å². The van der Waals surface area contributed by atoms with Gasteiger partial charge in [-0.3, -0.25) is 14.3 Å². The molecule has 0 bridgehead atoms. The van der Waals surface area contributed by atoms with Crippen molar-refractivity contribution in [1.82, 2.24) is 14.2 Å². The molecule has 3 fully saturated rings. The third-order valence-corrected chi connectivity index (χ3v) is 9.55. The second-order valence-corrected chi connectivity index (χ2v) is 11.8. The minimum atomic E-state index is -1.55. The number of rotatable bonds is 10. The van der Waals surface area contributed by atoms with Gasteiger partial charge in [-0.25, -0.2) is 11.2 Å². The Morgan fingerprint density at radius 1 is 1.47 bits per heavy atom. The van der Waals surface area contributed by atoms with Crippen molar-refractivity contribution in [3.05, 3.63) is 38.3 Å². The molecular weight excluding hydrogens is 475 g/mol. The Bertz CT molecular complexity index is 1120. The van der Waals surface area contributed by atoms with Crippen LogP contribution >= 0.6 is 20.7 Å². The predicted octanol–water partition coefficient (Wildman–Crippen LogP) is 4.35. The number of aryl methyl sites for hydroxylation is 1. The highest BCUT2D eigenvalue weighted by atomic mass is 32.1. The molecule has 2 aliphatic carbocycles. The first-order chi connectivity index (χ1) is 16.9. The van der Waals surface area contributed by atoms with Crippen LogP contribution in [0.5, 0.6) is 0 Å². The summed E-state index contributed by atoms with van der Waals surface area (Å²) in [6.07, 6.45) is 2.46. The van der Waals surface area contributed by atoms with Crippen molar-refractivity contribution in [1.29, 1.82) is 0 Å². The van der Waals surface area contributed by atoms with Crippen LogP contribution in [0.1, 0.15) is 61.5 Å². The molecule has 4 rings (SSSR count). The number of fused-ring (bicyclic) bond motifs is 3. The molecule has 0 spiro atoms. The van der Waals surface area contributed by atoms with Crippen molar-refractivity contribution in [2.45, 2.75) is 89.5 Å². The van der Waals surface area contributed by atoms with Crippen molar-refractivity contribution in [2.24, 2.45) is 5.92 Å². The van der Waals surface area contributed by atoms with Crippen LogP contribution in [0, 0.1) is 24.2 Å². The first kappa shape index (κ1) is 23.2. The van der Waals surface area contributed by atoms with E-state index in [0.717, 1.165) is 0 Å². The molecule has 9 nitrogen and oxygen atoms in total. The number of aromatic nitrogens is 2. The van der Waals surface area contributed by atoms with Gasteiger partial charge < -0.3 is 23.4 Å². The van der Waals surface area contributed by atoms with Gasteiger partial charge in [-0.05, 0) is 65.6 Å². The quantitative estimate of drug-likeness (QED) is 0.216. The Hall–Kier alpha value is -1.18. The Kier molecular flexibility index (Phi) is 6.63. The molecular formula is C23H35N4O5PS. The van der Waals surface area contributed by atoms with Crippen molar-refractivity contribution in [3.63, 3.8) is 0 Å². The van der Waals surface area contributed by atoms with Crippen LogP contribution in [0.4, 0.5) is 0 Å². The lowest BCUT2D eigenvalue weighted by molar-refractivity contribution is -0.115. The molecule has 34 heavy (non-hydrogen) atoms. The maximum atomic E-state index is 12.1. The molecule has 2 unspecified atom stereocenters. The normalized spacial score (nSPS) is 34.5. The molecule has 1 N–H and O–H groups in total. The van der Waals surface area contributed by atoms with E-state index in [4.69, 9.17) is 40.1 Å². The van der Waals surface area contributed by atoms with Crippen molar-refractivity contribution in [3.8, 4) is 0 Å². The largest absolute Gasteiger partial charge is 0.375 e. The number of H-pyrrole nitrogens is 1. The third kappa shape index (κ3) is 4.41. The topological polar surface area (TPSA) is 82.3 Å². The molecule has 0 amide bonds. The fraction of sp³-hybridized carbons (Fsp3) is 0.783. The van der Waals surface area contributed by atoms with Gasteiger partial charge in [0.2, 0.25) is 6.54 Å². The Morgan fingerprint density at radius 3 is 2.85 bits per heavy atom. The summed E-state index contributed by atoms with van der Waals surface area (Å²) in [6, 6.07) is 0.277. The molecule has 1 aromatic rings. The monoisotopic (exact) mass is 513 g/mol. The molecule has 188 valence electrons. The zero-order valence-corrected chi connectivity index (χ0v) is 22.0. The number of methoxy groups -OCH3 is 1. The van der Waals surface area contributed by atoms with Gasteiger partial charge in [-0.15, -0.1) is 0 Å². The summed E-state index contributed by atoms with van der Waals surface area (Å²) < 4.78 is 45.3. The van der Waals surface area contributed by atoms with Crippen LogP contribution in [-0.2, 0) is 18.5 Å². The van der Waals surface area contributed by atoms with Crippen molar-refractivity contribution < 1.29 is 21.3 Å². The van der Waals surface area contributed by atoms with Gasteiger partial charge in [0.25, 0.3) is 14.1 Å². The summed E-state index contributed by atoms with van der Waals surface area (Å²) in [4.78, 5) is 18.2. The molecule has 0 aromatic carbocycles. The Labute approximate surface area is 210 Å². The van der Waals surface area contributed by atoms with E-state index in [0.29, 0.717) is 24.8 Å². The van der Waals surface area contributed by atoms with Crippen LogP contribution in [-0.4, -0.2) is 63.8 Å². The van der Waals surface area contributed by atoms with Crippen LogP contribution in [0.2, 0.25) is 0 Å². The van der Waals surface area contributed by atoms with Crippen molar-refractivity contribution >= 4 is 20.7 Å². The number of ether oxygens (including phenoxy) is 2. The van der Waals surface area contributed by atoms with Crippen molar-refractivity contribution in [2.75, 3.05) is 20.2 Å². The summed E-state index contributed by atoms with van der Waals surface area (Å²) in [5.41, 5.74) is -1.27. The minimum absolute atomic E-state index is 0.124. The first-order valence-electron chi connectivity index (χ1n) is 12.8. The zero-order chi connectivity index (χ0) is 26.4. The van der Waals surface area contributed by atoms with Gasteiger partial charge in [0.1, 0.15) is 30.1 Å². The van der Waals surface area contributed by atoms with E-state index in [-0.39, 0.29) is 41.5 Å². The van der Waals surface area contributed by atoms with E-state index < -0.39 is 39.1 Å². The molecule has 1 aromatic heterocycles. The summed E-state index contributed by atoms with van der Waals surface area (Å²) in [7, 11) is -2.99. The van der Waals surface area contributed by atoms with Crippen LogP contribution in [0.25, 0.3) is 4.85 Å². The molecule has 2 heterocycles. The van der Waals surface area contributed by atoms with Crippen LogP contribution in [0.15, 0.2) is 11.0 Å². The average Bonchev–Trinajstić information content (AvgIpc) is 3.17.